The first-order valence-electron chi connectivity index (χ1n) is 7.64. The minimum Gasteiger partial charge on any atom is -0.324 e. The van der Waals surface area contributed by atoms with Crippen molar-refractivity contribution in [3.63, 3.8) is 0 Å². The number of aromatic nitrogens is 3. The van der Waals surface area contributed by atoms with E-state index in [0.29, 0.717) is 11.6 Å². The van der Waals surface area contributed by atoms with Crippen LogP contribution in [0.5, 0.6) is 0 Å². The molecule has 0 saturated carbocycles. The van der Waals surface area contributed by atoms with Crippen molar-refractivity contribution in [2.24, 2.45) is 6.26 Å². The lowest BCUT2D eigenvalue weighted by Gasteiger charge is -2.13. The van der Waals surface area contributed by atoms with E-state index in [2.05, 4.69) is 26.5 Å². The zero-order chi connectivity index (χ0) is 17.6. The van der Waals surface area contributed by atoms with Gasteiger partial charge in [0, 0.05) is 27.9 Å². The van der Waals surface area contributed by atoms with Crippen molar-refractivity contribution in [2.45, 2.75) is 19.0 Å². The molecule has 0 amide bonds. The standard InChI is InChI=1S/C17H14F3N4S/c1-25-9-22-13-7-2-10-8-21-16(24-14(10)15(13)25)23-12-5-3-11(4-6-12)17(18,19)20/h3-6,8-9H,2,7H2,1H3,(H,21,23,24)/q+1. The molecule has 4 rings (SSSR count). The third-order valence-electron chi connectivity index (χ3n) is 4.13. The molecule has 1 aromatic carbocycles. The Bertz CT molecular complexity index is 932. The van der Waals surface area contributed by atoms with Gasteiger partial charge in [0.2, 0.25) is 16.3 Å². The number of hydrogen-bond donors (Lipinski definition) is 1. The molecule has 1 aliphatic rings. The number of alkyl halides is 3. The molecular weight excluding hydrogens is 349 g/mol. The van der Waals surface area contributed by atoms with E-state index in [9.17, 15) is 13.2 Å². The second kappa shape index (κ2) is 5.80. The summed E-state index contributed by atoms with van der Waals surface area (Å²) < 4.78 is 37.9. The van der Waals surface area contributed by atoms with Crippen LogP contribution in [0.2, 0.25) is 0 Å². The topological polar surface area (TPSA) is 50.7 Å². The third kappa shape index (κ3) is 2.97. The van der Waals surface area contributed by atoms with Gasteiger partial charge >= 0.3 is 6.18 Å². The summed E-state index contributed by atoms with van der Waals surface area (Å²) in [5.74, 6) is 0.371. The van der Waals surface area contributed by atoms with Crippen molar-refractivity contribution < 1.29 is 13.2 Å². The van der Waals surface area contributed by atoms with E-state index in [1.54, 1.807) is 6.20 Å². The molecule has 1 atom stereocenters. The average molecular weight is 363 g/mol. The Morgan fingerprint density at radius 2 is 1.84 bits per heavy atom. The molecule has 2 heterocycles. The number of rotatable bonds is 2. The molecule has 2 aromatic heterocycles. The first kappa shape index (κ1) is 16.0. The average Bonchev–Trinajstić information content (AvgIpc) is 2.96. The van der Waals surface area contributed by atoms with Crippen molar-refractivity contribution >= 4 is 22.1 Å². The lowest BCUT2D eigenvalue weighted by atomic mass is 10.00. The van der Waals surface area contributed by atoms with Gasteiger partial charge in [0.05, 0.1) is 5.56 Å². The fourth-order valence-corrected chi connectivity index (χ4v) is 4.28. The van der Waals surface area contributed by atoms with Gasteiger partial charge in [0.15, 0.2) is 0 Å². The summed E-state index contributed by atoms with van der Waals surface area (Å²) in [4.78, 5) is 14.5. The Balaban J connectivity index is 1.64. The summed E-state index contributed by atoms with van der Waals surface area (Å²) in [5.41, 5.74) is 4.84. The fraction of sp³-hybridized carbons (Fsp3) is 0.235. The number of nitrogens with one attached hydrogen (secondary N) is 1. The van der Waals surface area contributed by atoms with Crippen molar-refractivity contribution in [1.29, 1.82) is 0 Å². The lowest BCUT2D eigenvalue weighted by Crippen LogP contribution is -2.08. The molecule has 25 heavy (non-hydrogen) atoms. The van der Waals surface area contributed by atoms with Crippen LogP contribution in [-0.2, 0) is 25.3 Å². The normalized spacial score (nSPS) is 14.0. The number of benzene rings is 1. The Morgan fingerprint density at radius 1 is 1.08 bits per heavy atom. The van der Waals surface area contributed by atoms with E-state index in [0.717, 1.165) is 46.8 Å². The molecule has 128 valence electrons. The zero-order valence-electron chi connectivity index (χ0n) is 13.3. The van der Waals surface area contributed by atoms with Gasteiger partial charge in [0.25, 0.3) is 0 Å². The molecular formula is C17H14F3N4S+. The molecule has 0 fully saturated rings. The minimum absolute atomic E-state index is 0.0737. The maximum absolute atomic E-state index is 12.6. The van der Waals surface area contributed by atoms with Crippen LogP contribution in [0.3, 0.4) is 0 Å². The summed E-state index contributed by atoms with van der Waals surface area (Å²) in [6, 6.07) is 4.82. The SMILES string of the molecule is C[s+]1cnc2c1-c1nc(Nc3ccc(C(F)(F)F)cc3)ncc1CC2. The van der Waals surface area contributed by atoms with Crippen molar-refractivity contribution in [2.75, 3.05) is 5.32 Å². The zero-order valence-corrected chi connectivity index (χ0v) is 14.1. The summed E-state index contributed by atoms with van der Waals surface area (Å²) in [5, 5.41) is 2.98. The quantitative estimate of drug-likeness (QED) is 0.672. The first-order chi connectivity index (χ1) is 11.9. The van der Waals surface area contributed by atoms with Crippen molar-refractivity contribution in [1.82, 2.24) is 15.0 Å². The summed E-state index contributed by atoms with van der Waals surface area (Å²) in [7, 11) is -0.0737. The predicted octanol–water partition coefficient (Wildman–Crippen LogP) is 4.69. The molecule has 0 radical (unpaired) electrons. The molecule has 0 bridgehead atoms. The highest BCUT2D eigenvalue weighted by molar-refractivity contribution is 7.31. The van der Waals surface area contributed by atoms with E-state index in [1.807, 2.05) is 5.51 Å². The maximum Gasteiger partial charge on any atom is 0.416 e. The number of fused-ring (bicyclic) bond motifs is 3. The Kier molecular flexibility index (Phi) is 3.72. The molecule has 1 aliphatic carbocycles. The molecule has 0 saturated heterocycles. The molecule has 0 aliphatic heterocycles. The van der Waals surface area contributed by atoms with Crippen molar-refractivity contribution in [3.05, 3.63) is 52.8 Å². The highest BCUT2D eigenvalue weighted by Gasteiger charge is 2.30. The molecule has 1 unspecified atom stereocenters. The fourth-order valence-electron chi connectivity index (χ4n) is 2.88. The van der Waals surface area contributed by atoms with E-state index >= 15 is 0 Å². The molecule has 8 heteroatoms. The summed E-state index contributed by atoms with van der Waals surface area (Å²) in [6.45, 7) is 0. The van der Waals surface area contributed by atoms with Crippen LogP contribution in [0.4, 0.5) is 24.8 Å². The third-order valence-corrected chi connectivity index (χ3v) is 5.62. The summed E-state index contributed by atoms with van der Waals surface area (Å²) >= 11 is 0. The van der Waals surface area contributed by atoms with E-state index in [4.69, 9.17) is 0 Å². The van der Waals surface area contributed by atoms with Gasteiger partial charge in [-0.15, -0.1) is 0 Å². The van der Waals surface area contributed by atoms with Crippen LogP contribution < -0.4 is 5.32 Å². The predicted molar refractivity (Wildman–Crippen MR) is 90.9 cm³/mol. The monoisotopic (exact) mass is 363 g/mol. The highest BCUT2D eigenvalue weighted by atomic mass is 32.2. The second-order valence-corrected chi connectivity index (χ2v) is 7.57. The highest BCUT2D eigenvalue weighted by Crippen LogP contribution is 2.40. The van der Waals surface area contributed by atoms with Gasteiger partial charge in [-0.2, -0.15) is 13.2 Å². The molecule has 1 N–H and O–H groups in total. The Morgan fingerprint density at radius 3 is 2.56 bits per heavy atom. The number of anilines is 2. The first-order valence-corrected chi connectivity index (χ1v) is 9.34. The van der Waals surface area contributed by atoms with Crippen LogP contribution in [-0.4, -0.2) is 15.0 Å². The minimum atomic E-state index is -4.34. The van der Waals surface area contributed by atoms with Gasteiger partial charge < -0.3 is 5.32 Å². The van der Waals surface area contributed by atoms with Crippen LogP contribution in [0.25, 0.3) is 10.6 Å². The molecule has 4 nitrogen and oxygen atoms in total. The number of hydrogen-bond acceptors (Lipinski definition) is 4. The van der Waals surface area contributed by atoms with Crippen LogP contribution in [0, 0.1) is 0 Å². The van der Waals surface area contributed by atoms with E-state index in [-0.39, 0.29) is 10.5 Å². The number of aryl methyl sites for hydroxylation is 3. The van der Waals surface area contributed by atoms with Crippen LogP contribution in [0.1, 0.15) is 16.8 Å². The Hall–Kier alpha value is -2.48. The molecule has 3 aromatic rings. The largest absolute Gasteiger partial charge is 0.416 e. The number of halogens is 3. The number of thiazole rings is 1. The van der Waals surface area contributed by atoms with E-state index < -0.39 is 11.7 Å². The lowest BCUT2D eigenvalue weighted by molar-refractivity contribution is -0.137. The number of nitrogens with zero attached hydrogens (tertiary/aromatic N) is 3. The summed E-state index contributed by atoms with van der Waals surface area (Å²) in [6.07, 6.45) is 1.29. The van der Waals surface area contributed by atoms with Gasteiger partial charge in [0.1, 0.15) is 17.6 Å². The maximum atomic E-state index is 12.6. The Labute approximate surface area is 144 Å². The molecule has 0 spiro atoms. The van der Waals surface area contributed by atoms with Crippen molar-refractivity contribution in [3.8, 4) is 10.6 Å². The van der Waals surface area contributed by atoms with E-state index in [1.165, 1.54) is 12.1 Å². The van der Waals surface area contributed by atoms with Gasteiger partial charge in [-0.25, -0.2) is 15.0 Å². The second-order valence-electron chi connectivity index (χ2n) is 5.84. The van der Waals surface area contributed by atoms with Crippen LogP contribution >= 0.6 is 10.5 Å². The smallest absolute Gasteiger partial charge is 0.324 e. The van der Waals surface area contributed by atoms with Crippen LogP contribution in [0.15, 0.2) is 36.0 Å². The van der Waals surface area contributed by atoms with Gasteiger partial charge in [-0.3, -0.25) is 0 Å². The van der Waals surface area contributed by atoms with Gasteiger partial charge in [-0.05, 0) is 37.1 Å². The van der Waals surface area contributed by atoms with Gasteiger partial charge in [-0.1, -0.05) is 0 Å².